The number of ether oxygens (including phenoxy) is 1. The van der Waals surface area contributed by atoms with E-state index in [0.29, 0.717) is 30.0 Å². The molecule has 1 aliphatic carbocycles. The van der Waals surface area contributed by atoms with E-state index in [1.54, 1.807) is 19.2 Å². The first kappa shape index (κ1) is 16.1. The second-order valence-corrected chi connectivity index (χ2v) is 6.06. The zero-order chi connectivity index (χ0) is 17.2. The molecule has 0 spiro atoms. The highest BCUT2D eigenvalue weighted by Gasteiger charge is 2.56. The number of rotatable bonds is 5. The van der Waals surface area contributed by atoms with Gasteiger partial charge < -0.3 is 15.4 Å². The lowest BCUT2D eigenvalue weighted by Crippen LogP contribution is -2.35. The number of carbonyl (C=O) groups excluding carboxylic acids is 2. The lowest BCUT2D eigenvalue weighted by Gasteiger charge is -2.17. The molecule has 1 saturated carbocycles. The zero-order valence-electron chi connectivity index (χ0n) is 13.8. The number of carbonyl (C=O) groups is 2. The van der Waals surface area contributed by atoms with Gasteiger partial charge in [-0.15, -0.1) is 0 Å². The molecular formula is C19H20N2O3. The van der Waals surface area contributed by atoms with E-state index in [4.69, 9.17) is 4.74 Å². The van der Waals surface area contributed by atoms with Crippen molar-refractivity contribution in [3.63, 3.8) is 0 Å². The van der Waals surface area contributed by atoms with E-state index in [9.17, 15) is 9.59 Å². The summed E-state index contributed by atoms with van der Waals surface area (Å²) in [4.78, 5) is 25.2. The molecule has 0 saturated heterocycles. The van der Waals surface area contributed by atoms with Crippen LogP contribution in [0.1, 0.15) is 18.4 Å². The minimum Gasteiger partial charge on any atom is -0.495 e. The second kappa shape index (κ2) is 6.35. The van der Waals surface area contributed by atoms with Crippen LogP contribution in [0.2, 0.25) is 0 Å². The standard InChI is InChI=1S/C19H20N2O3/c1-13-7-9-14(10-8-13)20-17(22)19(11-12-19)18(23)21-15-5-3-4-6-16(15)24-2/h3-10H,11-12H2,1-2H3,(H,20,22)(H,21,23). The summed E-state index contributed by atoms with van der Waals surface area (Å²) in [5, 5.41) is 5.65. The molecule has 0 unspecified atom stereocenters. The van der Waals surface area contributed by atoms with Crippen molar-refractivity contribution in [2.24, 2.45) is 5.41 Å². The van der Waals surface area contributed by atoms with Gasteiger partial charge in [-0.05, 0) is 44.0 Å². The number of anilines is 2. The normalized spacial score (nSPS) is 14.6. The largest absolute Gasteiger partial charge is 0.495 e. The molecule has 0 radical (unpaired) electrons. The smallest absolute Gasteiger partial charge is 0.240 e. The molecule has 0 atom stereocenters. The van der Waals surface area contributed by atoms with Crippen molar-refractivity contribution < 1.29 is 14.3 Å². The number of hydrogen-bond donors (Lipinski definition) is 2. The highest BCUT2D eigenvalue weighted by molar-refractivity contribution is 6.17. The van der Waals surface area contributed by atoms with Gasteiger partial charge in [0.25, 0.3) is 0 Å². The van der Waals surface area contributed by atoms with Gasteiger partial charge in [-0.1, -0.05) is 29.8 Å². The molecule has 1 fully saturated rings. The topological polar surface area (TPSA) is 67.4 Å². The fraction of sp³-hybridized carbons (Fsp3) is 0.263. The molecule has 0 aromatic heterocycles. The third-order valence-electron chi connectivity index (χ3n) is 4.28. The molecule has 24 heavy (non-hydrogen) atoms. The molecule has 2 amide bonds. The van der Waals surface area contributed by atoms with E-state index in [0.717, 1.165) is 5.56 Å². The third kappa shape index (κ3) is 3.11. The SMILES string of the molecule is COc1ccccc1NC(=O)C1(C(=O)Nc2ccc(C)cc2)CC1. The maximum atomic E-state index is 12.6. The first-order valence-corrected chi connectivity index (χ1v) is 7.88. The van der Waals surface area contributed by atoms with Gasteiger partial charge in [0.2, 0.25) is 11.8 Å². The van der Waals surface area contributed by atoms with Gasteiger partial charge in [-0.3, -0.25) is 9.59 Å². The fourth-order valence-corrected chi connectivity index (χ4v) is 2.56. The van der Waals surface area contributed by atoms with E-state index in [2.05, 4.69) is 10.6 Å². The molecule has 2 aromatic carbocycles. The lowest BCUT2D eigenvalue weighted by molar-refractivity contribution is -0.131. The van der Waals surface area contributed by atoms with Crippen LogP contribution in [0.25, 0.3) is 0 Å². The number of nitrogens with one attached hydrogen (secondary N) is 2. The van der Waals surface area contributed by atoms with Crippen molar-refractivity contribution in [3.8, 4) is 5.75 Å². The number of aryl methyl sites for hydroxylation is 1. The molecule has 3 rings (SSSR count). The zero-order valence-corrected chi connectivity index (χ0v) is 13.8. The fourth-order valence-electron chi connectivity index (χ4n) is 2.56. The van der Waals surface area contributed by atoms with Crippen molar-refractivity contribution in [2.45, 2.75) is 19.8 Å². The number of methoxy groups -OCH3 is 1. The van der Waals surface area contributed by atoms with Crippen LogP contribution in [-0.4, -0.2) is 18.9 Å². The highest BCUT2D eigenvalue weighted by atomic mass is 16.5. The Kier molecular flexibility index (Phi) is 4.25. The molecule has 1 aliphatic rings. The predicted octanol–water partition coefficient (Wildman–Crippen LogP) is 3.36. The van der Waals surface area contributed by atoms with Crippen LogP contribution in [0, 0.1) is 12.3 Å². The molecule has 5 nitrogen and oxygen atoms in total. The van der Waals surface area contributed by atoms with Crippen LogP contribution >= 0.6 is 0 Å². The van der Waals surface area contributed by atoms with E-state index in [1.165, 1.54) is 0 Å². The highest BCUT2D eigenvalue weighted by Crippen LogP contribution is 2.47. The van der Waals surface area contributed by atoms with Crippen LogP contribution in [-0.2, 0) is 9.59 Å². The molecule has 0 heterocycles. The molecule has 5 heteroatoms. The van der Waals surface area contributed by atoms with Gasteiger partial charge in [0.05, 0.1) is 12.8 Å². The van der Waals surface area contributed by atoms with Crippen LogP contribution in [0.4, 0.5) is 11.4 Å². The quantitative estimate of drug-likeness (QED) is 0.829. The monoisotopic (exact) mass is 324 g/mol. The van der Waals surface area contributed by atoms with Gasteiger partial charge in [0.15, 0.2) is 0 Å². The summed E-state index contributed by atoms with van der Waals surface area (Å²) in [6, 6.07) is 14.7. The Bertz CT molecular complexity index is 764. The third-order valence-corrected chi connectivity index (χ3v) is 4.28. The average Bonchev–Trinajstić information content (AvgIpc) is 3.39. The Morgan fingerprint density at radius 1 is 0.958 bits per heavy atom. The van der Waals surface area contributed by atoms with Gasteiger partial charge in [0, 0.05) is 5.69 Å². The van der Waals surface area contributed by atoms with Crippen LogP contribution in [0.3, 0.4) is 0 Å². The van der Waals surface area contributed by atoms with Crippen molar-refractivity contribution in [3.05, 3.63) is 54.1 Å². The lowest BCUT2D eigenvalue weighted by atomic mass is 10.0. The Hall–Kier alpha value is -2.82. The summed E-state index contributed by atoms with van der Waals surface area (Å²) in [7, 11) is 1.54. The van der Waals surface area contributed by atoms with E-state index >= 15 is 0 Å². The van der Waals surface area contributed by atoms with Crippen molar-refractivity contribution >= 4 is 23.2 Å². The summed E-state index contributed by atoms with van der Waals surface area (Å²) >= 11 is 0. The molecule has 124 valence electrons. The number of amides is 2. The summed E-state index contributed by atoms with van der Waals surface area (Å²) in [6.07, 6.45) is 1.09. The van der Waals surface area contributed by atoms with E-state index in [1.807, 2.05) is 43.3 Å². The van der Waals surface area contributed by atoms with Crippen LogP contribution in [0.15, 0.2) is 48.5 Å². The first-order valence-electron chi connectivity index (χ1n) is 7.88. The van der Waals surface area contributed by atoms with Crippen molar-refractivity contribution in [1.82, 2.24) is 0 Å². The summed E-state index contributed by atoms with van der Waals surface area (Å²) in [6.45, 7) is 1.98. The summed E-state index contributed by atoms with van der Waals surface area (Å²) in [5.41, 5.74) is 1.38. The number of benzene rings is 2. The minimum absolute atomic E-state index is 0.265. The Morgan fingerprint density at radius 3 is 2.21 bits per heavy atom. The maximum absolute atomic E-state index is 12.6. The summed E-state index contributed by atoms with van der Waals surface area (Å²) < 4.78 is 5.23. The molecule has 0 aliphatic heterocycles. The van der Waals surface area contributed by atoms with E-state index in [-0.39, 0.29) is 11.8 Å². The average molecular weight is 324 g/mol. The van der Waals surface area contributed by atoms with Crippen molar-refractivity contribution in [1.29, 1.82) is 0 Å². The molecule has 2 N–H and O–H groups in total. The van der Waals surface area contributed by atoms with Crippen molar-refractivity contribution in [2.75, 3.05) is 17.7 Å². The molecular weight excluding hydrogens is 304 g/mol. The Labute approximate surface area is 141 Å². The van der Waals surface area contributed by atoms with E-state index < -0.39 is 5.41 Å². The molecule has 2 aromatic rings. The predicted molar refractivity (Wildman–Crippen MR) is 93.1 cm³/mol. The van der Waals surface area contributed by atoms with Crippen LogP contribution in [0.5, 0.6) is 5.75 Å². The number of para-hydroxylation sites is 2. The first-order chi connectivity index (χ1) is 11.5. The Balaban J connectivity index is 1.71. The molecule has 0 bridgehead atoms. The van der Waals surface area contributed by atoms with Gasteiger partial charge >= 0.3 is 0 Å². The Morgan fingerprint density at radius 2 is 1.58 bits per heavy atom. The van der Waals surface area contributed by atoms with Gasteiger partial charge in [-0.25, -0.2) is 0 Å². The number of hydrogen-bond acceptors (Lipinski definition) is 3. The van der Waals surface area contributed by atoms with Gasteiger partial charge in [-0.2, -0.15) is 0 Å². The minimum atomic E-state index is -0.994. The summed E-state index contributed by atoms with van der Waals surface area (Å²) in [5.74, 6) is 0.0101. The van der Waals surface area contributed by atoms with Crippen LogP contribution < -0.4 is 15.4 Å². The maximum Gasteiger partial charge on any atom is 0.240 e. The van der Waals surface area contributed by atoms with Gasteiger partial charge in [0.1, 0.15) is 11.2 Å². The second-order valence-electron chi connectivity index (χ2n) is 6.06.